The fourth-order valence-electron chi connectivity index (χ4n) is 3.12. The number of aryl methyl sites for hydroxylation is 1. The molecule has 0 atom stereocenters. The molecule has 0 aliphatic carbocycles. The van der Waals surface area contributed by atoms with Gasteiger partial charge in [-0.15, -0.1) is 0 Å². The van der Waals surface area contributed by atoms with Crippen molar-refractivity contribution in [3.05, 3.63) is 83.9 Å². The van der Waals surface area contributed by atoms with Gasteiger partial charge in [0.05, 0.1) is 17.7 Å². The van der Waals surface area contributed by atoms with Crippen molar-refractivity contribution in [2.24, 2.45) is 0 Å². The van der Waals surface area contributed by atoms with Gasteiger partial charge in [-0.1, -0.05) is 42.0 Å². The first-order chi connectivity index (χ1) is 15.2. The summed E-state index contributed by atoms with van der Waals surface area (Å²) < 4.78 is 33.3. The van der Waals surface area contributed by atoms with E-state index >= 15 is 0 Å². The number of nitrogens with zero attached hydrogens (tertiary/aromatic N) is 1. The van der Waals surface area contributed by atoms with Crippen molar-refractivity contribution in [3.63, 3.8) is 0 Å². The topological polar surface area (TPSA) is 92.8 Å². The van der Waals surface area contributed by atoms with E-state index in [1.54, 1.807) is 60.7 Å². The summed E-state index contributed by atoms with van der Waals surface area (Å²) in [6, 6.07) is 19.4. The molecule has 7 nitrogen and oxygen atoms in total. The zero-order valence-corrected chi connectivity index (χ0v) is 18.8. The first-order valence-corrected chi connectivity index (χ1v) is 11.3. The Balaban J connectivity index is 1.98. The summed E-state index contributed by atoms with van der Waals surface area (Å²) in [7, 11) is -2.64. The van der Waals surface area contributed by atoms with Crippen LogP contribution < -0.4 is 14.4 Å². The van der Waals surface area contributed by atoms with Crippen molar-refractivity contribution in [1.29, 1.82) is 0 Å². The molecule has 0 fully saturated rings. The number of ether oxygens (including phenoxy) is 1. The number of rotatable bonds is 8. The summed E-state index contributed by atoms with van der Waals surface area (Å²) >= 11 is 0. The second kappa shape index (κ2) is 9.65. The Morgan fingerprint density at radius 1 is 0.969 bits per heavy atom. The standard InChI is InChI=1S/C24H24N2O5S/c1-17-11-13-21(14-12-17)32(29,30)26(22-9-4-5-10-23(22)31-3)16-24(28)25-20-8-6-7-19(15-20)18(2)27/h4-15H,16H2,1-3H3,(H,25,28). The van der Waals surface area contributed by atoms with E-state index in [1.807, 2.05) is 6.92 Å². The van der Waals surface area contributed by atoms with Crippen LogP contribution >= 0.6 is 0 Å². The van der Waals surface area contributed by atoms with Crippen molar-refractivity contribution in [2.75, 3.05) is 23.3 Å². The molecule has 1 N–H and O–H groups in total. The molecule has 32 heavy (non-hydrogen) atoms. The Hall–Kier alpha value is -3.65. The van der Waals surface area contributed by atoms with E-state index in [0.717, 1.165) is 9.87 Å². The van der Waals surface area contributed by atoms with Gasteiger partial charge in [0.25, 0.3) is 10.0 Å². The fraction of sp³-hybridized carbons (Fsp3) is 0.167. The molecule has 0 bridgehead atoms. The Kier molecular flexibility index (Phi) is 6.95. The second-order valence-corrected chi connectivity index (χ2v) is 9.04. The quantitative estimate of drug-likeness (QED) is 0.521. The van der Waals surface area contributed by atoms with Crippen LogP contribution in [0.4, 0.5) is 11.4 Å². The van der Waals surface area contributed by atoms with E-state index in [4.69, 9.17) is 4.74 Å². The fourth-order valence-corrected chi connectivity index (χ4v) is 4.55. The van der Waals surface area contributed by atoms with E-state index < -0.39 is 22.5 Å². The molecule has 166 valence electrons. The van der Waals surface area contributed by atoms with Gasteiger partial charge in [-0.05, 0) is 50.2 Å². The lowest BCUT2D eigenvalue weighted by Gasteiger charge is -2.25. The summed E-state index contributed by atoms with van der Waals surface area (Å²) in [4.78, 5) is 24.5. The van der Waals surface area contributed by atoms with E-state index in [1.165, 1.54) is 26.2 Å². The van der Waals surface area contributed by atoms with Gasteiger partial charge in [0.15, 0.2) is 5.78 Å². The van der Waals surface area contributed by atoms with E-state index in [-0.39, 0.29) is 16.4 Å². The van der Waals surface area contributed by atoms with Crippen LogP contribution in [0, 0.1) is 6.92 Å². The highest BCUT2D eigenvalue weighted by Crippen LogP contribution is 2.32. The number of benzene rings is 3. The van der Waals surface area contributed by atoms with Gasteiger partial charge in [0, 0.05) is 11.3 Å². The minimum atomic E-state index is -4.07. The second-order valence-electron chi connectivity index (χ2n) is 7.18. The SMILES string of the molecule is COc1ccccc1N(CC(=O)Nc1cccc(C(C)=O)c1)S(=O)(=O)c1ccc(C)cc1. The maximum Gasteiger partial charge on any atom is 0.264 e. The molecule has 0 aromatic heterocycles. The highest BCUT2D eigenvalue weighted by molar-refractivity contribution is 7.92. The molecule has 0 spiro atoms. The van der Waals surface area contributed by atoms with Crippen molar-refractivity contribution in [2.45, 2.75) is 18.7 Å². The molecular weight excluding hydrogens is 428 g/mol. The molecule has 3 aromatic carbocycles. The predicted octanol–water partition coefficient (Wildman–Crippen LogP) is 4.04. The third kappa shape index (κ3) is 5.15. The number of nitrogens with one attached hydrogen (secondary N) is 1. The molecule has 8 heteroatoms. The number of ketones is 1. The van der Waals surface area contributed by atoms with Crippen LogP contribution in [-0.4, -0.2) is 33.8 Å². The minimum absolute atomic E-state index is 0.0559. The van der Waals surface area contributed by atoms with E-state index in [2.05, 4.69) is 5.32 Å². The number of hydrogen-bond donors (Lipinski definition) is 1. The van der Waals surface area contributed by atoms with Gasteiger partial charge < -0.3 is 10.1 Å². The largest absolute Gasteiger partial charge is 0.495 e. The Morgan fingerprint density at radius 3 is 2.31 bits per heavy atom. The lowest BCUT2D eigenvalue weighted by atomic mass is 10.1. The van der Waals surface area contributed by atoms with Crippen LogP contribution in [0.3, 0.4) is 0 Å². The number of methoxy groups -OCH3 is 1. The van der Waals surface area contributed by atoms with Crippen molar-refractivity contribution in [1.82, 2.24) is 0 Å². The molecular formula is C24H24N2O5S. The highest BCUT2D eigenvalue weighted by Gasteiger charge is 2.29. The number of hydrogen-bond acceptors (Lipinski definition) is 5. The lowest BCUT2D eigenvalue weighted by Crippen LogP contribution is -2.38. The number of carbonyl (C=O) groups excluding carboxylic acids is 2. The van der Waals surface area contributed by atoms with Crippen LogP contribution in [0.5, 0.6) is 5.75 Å². The summed E-state index contributed by atoms with van der Waals surface area (Å²) in [5.74, 6) is -0.388. The summed E-state index contributed by atoms with van der Waals surface area (Å²) in [5, 5.41) is 2.67. The molecule has 0 saturated carbocycles. The Labute approximate surface area is 187 Å². The molecule has 0 aliphatic heterocycles. The number of amides is 1. The molecule has 0 saturated heterocycles. The molecule has 3 rings (SSSR count). The Morgan fingerprint density at radius 2 is 1.66 bits per heavy atom. The number of carbonyl (C=O) groups is 2. The predicted molar refractivity (Wildman–Crippen MR) is 124 cm³/mol. The molecule has 0 unspecified atom stereocenters. The first kappa shape index (κ1) is 23.0. The zero-order chi connectivity index (χ0) is 23.3. The third-order valence-corrected chi connectivity index (χ3v) is 6.58. The van der Waals surface area contributed by atoms with Crippen LogP contribution in [-0.2, 0) is 14.8 Å². The van der Waals surface area contributed by atoms with Crippen molar-refractivity contribution in [3.8, 4) is 5.75 Å². The van der Waals surface area contributed by atoms with Crippen LogP contribution in [0.25, 0.3) is 0 Å². The van der Waals surface area contributed by atoms with Crippen LogP contribution in [0.1, 0.15) is 22.8 Å². The molecule has 0 aliphatic rings. The summed E-state index contributed by atoms with van der Waals surface area (Å²) in [5.41, 5.74) is 1.99. The van der Waals surface area contributed by atoms with Gasteiger partial charge in [-0.3, -0.25) is 13.9 Å². The molecule has 0 radical (unpaired) electrons. The Bertz CT molecular complexity index is 1240. The first-order valence-electron chi connectivity index (χ1n) is 9.85. The number of para-hydroxylation sites is 2. The highest BCUT2D eigenvalue weighted by atomic mass is 32.2. The summed E-state index contributed by atoms with van der Waals surface area (Å²) in [6.07, 6.45) is 0. The maximum atomic E-state index is 13.5. The van der Waals surface area contributed by atoms with Gasteiger partial charge in [0.1, 0.15) is 12.3 Å². The van der Waals surface area contributed by atoms with Gasteiger partial charge in [-0.2, -0.15) is 0 Å². The molecule has 3 aromatic rings. The molecule has 1 amide bonds. The van der Waals surface area contributed by atoms with Crippen LogP contribution in [0.15, 0.2) is 77.7 Å². The average Bonchev–Trinajstić information content (AvgIpc) is 2.78. The van der Waals surface area contributed by atoms with Crippen LogP contribution in [0.2, 0.25) is 0 Å². The number of sulfonamides is 1. The van der Waals surface area contributed by atoms with Gasteiger partial charge in [-0.25, -0.2) is 8.42 Å². The van der Waals surface area contributed by atoms with Crippen molar-refractivity contribution < 1.29 is 22.7 Å². The normalized spacial score (nSPS) is 11.0. The molecule has 0 heterocycles. The minimum Gasteiger partial charge on any atom is -0.495 e. The van der Waals surface area contributed by atoms with E-state index in [9.17, 15) is 18.0 Å². The van der Waals surface area contributed by atoms with Gasteiger partial charge in [0.2, 0.25) is 5.91 Å². The number of anilines is 2. The zero-order valence-electron chi connectivity index (χ0n) is 18.0. The average molecular weight is 453 g/mol. The summed E-state index contributed by atoms with van der Waals surface area (Å²) in [6.45, 7) is 2.80. The maximum absolute atomic E-state index is 13.5. The monoisotopic (exact) mass is 452 g/mol. The third-order valence-electron chi connectivity index (χ3n) is 4.80. The number of Topliss-reactive ketones (excluding diaryl/α,β-unsaturated/α-hetero) is 1. The van der Waals surface area contributed by atoms with Crippen molar-refractivity contribution >= 4 is 33.1 Å². The lowest BCUT2D eigenvalue weighted by molar-refractivity contribution is -0.114. The smallest absolute Gasteiger partial charge is 0.264 e. The van der Waals surface area contributed by atoms with Gasteiger partial charge >= 0.3 is 0 Å². The van der Waals surface area contributed by atoms with E-state index in [0.29, 0.717) is 17.0 Å².